The fourth-order valence-corrected chi connectivity index (χ4v) is 3.81. The predicted octanol–water partition coefficient (Wildman–Crippen LogP) is 5.00. The molecule has 1 aliphatic heterocycles. The third-order valence-electron chi connectivity index (χ3n) is 4.77. The highest BCUT2D eigenvalue weighted by molar-refractivity contribution is 14.1. The number of benzene rings is 3. The Morgan fingerprint density at radius 2 is 1.75 bits per heavy atom. The van der Waals surface area contributed by atoms with Crippen molar-refractivity contribution >= 4 is 62.6 Å². The first-order valence-electron chi connectivity index (χ1n) is 9.74. The monoisotopic (exact) mass is 557 g/mol. The summed E-state index contributed by atoms with van der Waals surface area (Å²) in [5, 5.41) is 5.86. The zero-order valence-electron chi connectivity index (χ0n) is 16.6. The van der Waals surface area contributed by atoms with E-state index in [1.807, 2.05) is 42.5 Å². The molecule has 0 aliphatic carbocycles. The van der Waals surface area contributed by atoms with Gasteiger partial charge in [0.05, 0.1) is 0 Å². The number of hydrogen-bond donors (Lipinski definition) is 2. The number of aromatic nitrogens is 1. The van der Waals surface area contributed by atoms with E-state index in [2.05, 4.69) is 38.2 Å². The number of ether oxygens (including phenoxy) is 2. The van der Waals surface area contributed by atoms with Gasteiger partial charge in [-0.05, 0) is 95.5 Å². The quantitative estimate of drug-likeness (QED) is 0.271. The van der Waals surface area contributed by atoms with Gasteiger partial charge in [0.15, 0.2) is 22.2 Å². The van der Waals surface area contributed by atoms with Crippen LogP contribution < -0.4 is 20.1 Å². The molecule has 0 saturated heterocycles. The fourth-order valence-electron chi connectivity index (χ4n) is 3.24. The van der Waals surface area contributed by atoms with E-state index in [4.69, 9.17) is 26.1 Å². The zero-order valence-corrected chi connectivity index (χ0v) is 19.5. The molecule has 0 atom stereocenters. The van der Waals surface area contributed by atoms with Crippen LogP contribution in [0.15, 0.2) is 65.1 Å². The largest absolute Gasteiger partial charge is 0.486 e. The number of rotatable bonds is 3. The highest BCUT2D eigenvalue weighted by Gasteiger charge is 2.16. The summed E-state index contributed by atoms with van der Waals surface area (Å²) in [6.07, 6.45) is 0. The Balaban J connectivity index is 1.28. The van der Waals surface area contributed by atoms with Gasteiger partial charge in [-0.3, -0.25) is 10.1 Å². The normalized spacial score (nSPS) is 12.4. The van der Waals surface area contributed by atoms with E-state index >= 15 is 0 Å². The van der Waals surface area contributed by atoms with Crippen molar-refractivity contribution in [1.82, 2.24) is 10.3 Å². The van der Waals surface area contributed by atoms with Gasteiger partial charge in [-0.1, -0.05) is 0 Å². The molecule has 7 nitrogen and oxygen atoms in total. The van der Waals surface area contributed by atoms with Crippen LogP contribution in [0.25, 0.3) is 22.6 Å². The Labute approximate surface area is 202 Å². The zero-order chi connectivity index (χ0) is 22.1. The summed E-state index contributed by atoms with van der Waals surface area (Å²) in [7, 11) is 0. The molecular weight excluding hydrogens is 541 g/mol. The topological polar surface area (TPSA) is 85.6 Å². The van der Waals surface area contributed by atoms with E-state index in [0.717, 1.165) is 9.13 Å². The third kappa shape index (κ3) is 4.39. The average molecular weight is 557 g/mol. The molecule has 5 rings (SSSR count). The number of hydrogen-bond acceptors (Lipinski definition) is 6. The molecule has 32 heavy (non-hydrogen) atoms. The summed E-state index contributed by atoms with van der Waals surface area (Å²) in [6, 6.07) is 18.4. The predicted molar refractivity (Wildman–Crippen MR) is 133 cm³/mol. The van der Waals surface area contributed by atoms with E-state index in [1.165, 1.54) is 0 Å². The van der Waals surface area contributed by atoms with Crippen LogP contribution >= 0.6 is 34.8 Å². The number of fused-ring (bicyclic) bond motifs is 2. The number of carbonyl (C=O) groups is 1. The molecule has 9 heteroatoms. The van der Waals surface area contributed by atoms with Crippen molar-refractivity contribution in [1.29, 1.82) is 0 Å². The minimum atomic E-state index is -0.344. The Hall–Kier alpha value is -3.18. The maximum Gasteiger partial charge on any atom is 0.257 e. The van der Waals surface area contributed by atoms with Gasteiger partial charge >= 0.3 is 0 Å². The Bertz CT molecular complexity index is 1340. The molecule has 0 radical (unpaired) electrons. The minimum absolute atomic E-state index is 0.172. The van der Waals surface area contributed by atoms with Crippen LogP contribution in [0.2, 0.25) is 0 Å². The van der Waals surface area contributed by atoms with Crippen molar-refractivity contribution in [2.24, 2.45) is 0 Å². The molecule has 0 fully saturated rings. The van der Waals surface area contributed by atoms with Crippen LogP contribution in [0, 0.1) is 3.57 Å². The highest BCUT2D eigenvalue weighted by Crippen LogP contribution is 2.31. The molecule has 2 heterocycles. The van der Waals surface area contributed by atoms with E-state index in [0.29, 0.717) is 53.0 Å². The molecule has 1 aliphatic rings. The second-order valence-electron chi connectivity index (χ2n) is 6.98. The van der Waals surface area contributed by atoms with Crippen molar-refractivity contribution in [2.75, 3.05) is 18.5 Å². The number of carbonyl (C=O) groups excluding carboxylic acids is 1. The first-order chi connectivity index (χ1) is 15.5. The van der Waals surface area contributed by atoms with Gasteiger partial charge in [0.1, 0.15) is 18.7 Å². The van der Waals surface area contributed by atoms with E-state index in [1.54, 1.807) is 18.2 Å². The van der Waals surface area contributed by atoms with Gasteiger partial charge < -0.3 is 19.2 Å². The van der Waals surface area contributed by atoms with Crippen molar-refractivity contribution < 1.29 is 18.7 Å². The summed E-state index contributed by atoms with van der Waals surface area (Å²) in [5.74, 6) is 1.37. The first kappa shape index (κ1) is 20.7. The molecule has 0 saturated carbocycles. The standard InChI is InChI=1S/C23H16IN3O4S/c24-15-4-1-13(2-5-15)22-26-17-12-16(6-8-18(17)31-22)25-23(32)27-21(28)14-3-7-19-20(11-14)30-10-9-29-19/h1-8,11-12H,9-10H2,(H2,25,27,28,32). The molecule has 0 unspecified atom stereocenters. The van der Waals surface area contributed by atoms with Crippen LogP contribution in [-0.4, -0.2) is 29.2 Å². The van der Waals surface area contributed by atoms with Crippen LogP contribution in [0.5, 0.6) is 11.5 Å². The number of amides is 1. The number of thiocarbonyl (C=S) groups is 1. The van der Waals surface area contributed by atoms with Gasteiger partial charge in [-0.25, -0.2) is 4.98 Å². The lowest BCUT2D eigenvalue weighted by Gasteiger charge is -2.18. The number of oxazole rings is 1. The van der Waals surface area contributed by atoms with Crippen LogP contribution in [0.4, 0.5) is 5.69 Å². The summed E-state index contributed by atoms with van der Waals surface area (Å²) >= 11 is 7.56. The van der Waals surface area contributed by atoms with E-state index < -0.39 is 0 Å². The number of halogens is 1. The van der Waals surface area contributed by atoms with Gasteiger partial charge in [0.2, 0.25) is 5.89 Å². The molecule has 160 valence electrons. The molecule has 0 spiro atoms. The van der Waals surface area contributed by atoms with Gasteiger partial charge in [-0.15, -0.1) is 0 Å². The molecule has 3 aromatic carbocycles. The van der Waals surface area contributed by atoms with E-state index in [9.17, 15) is 4.79 Å². The van der Waals surface area contributed by atoms with Crippen molar-refractivity contribution in [3.8, 4) is 23.0 Å². The molecular formula is C23H16IN3O4S. The lowest BCUT2D eigenvalue weighted by molar-refractivity contribution is 0.0976. The SMILES string of the molecule is O=C(NC(=S)Nc1ccc2oc(-c3ccc(I)cc3)nc2c1)c1ccc2c(c1)OCCO2. The van der Waals surface area contributed by atoms with E-state index in [-0.39, 0.29) is 11.0 Å². The second kappa shape index (κ2) is 8.75. The van der Waals surface area contributed by atoms with Crippen LogP contribution in [0.1, 0.15) is 10.4 Å². The second-order valence-corrected chi connectivity index (χ2v) is 8.63. The van der Waals surface area contributed by atoms with Crippen LogP contribution in [-0.2, 0) is 0 Å². The first-order valence-corrected chi connectivity index (χ1v) is 11.2. The van der Waals surface area contributed by atoms with Crippen molar-refractivity contribution in [3.05, 3.63) is 69.8 Å². The Kier molecular flexibility index (Phi) is 5.66. The highest BCUT2D eigenvalue weighted by atomic mass is 127. The maximum absolute atomic E-state index is 12.6. The van der Waals surface area contributed by atoms with Crippen molar-refractivity contribution in [3.63, 3.8) is 0 Å². The summed E-state index contributed by atoms with van der Waals surface area (Å²) in [6.45, 7) is 0.947. The molecule has 4 aromatic rings. The number of nitrogens with zero attached hydrogens (tertiary/aromatic N) is 1. The van der Waals surface area contributed by atoms with Gasteiger partial charge in [0, 0.05) is 20.4 Å². The summed E-state index contributed by atoms with van der Waals surface area (Å²) in [4.78, 5) is 17.1. The van der Waals surface area contributed by atoms with Crippen LogP contribution in [0.3, 0.4) is 0 Å². The summed E-state index contributed by atoms with van der Waals surface area (Å²) < 4.78 is 18.0. The summed E-state index contributed by atoms with van der Waals surface area (Å²) in [5.41, 5.74) is 3.36. The lowest BCUT2D eigenvalue weighted by atomic mass is 10.2. The van der Waals surface area contributed by atoms with Crippen molar-refractivity contribution in [2.45, 2.75) is 0 Å². The molecule has 2 N–H and O–H groups in total. The lowest BCUT2D eigenvalue weighted by Crippen LogP contribution is -2.34. The average Bonchev–Trinajstić information content (AvgIpc) is 3.22. The van der Waals surface area contributed by atoms with Gasteiger partial charge in [-0.2, -0.15) is 0 Å². The number of nitrogens with one attached hydrogen (secondary N) is 2. The Morgan fingerprint density at radius 1 is 0.969 bits per heavy atom. The molecule has 0 bridgehead atoms. The maximum atomic E-state index is 12.6. The minimum Gasteiger partial charge on any atom is -0.486 e. The molecule has 1 aromatic heterocycles. The number of anilines is 1. The smallest absolute Gasteiger partial charge is 0.257 e. The molecule has 1 amide bonds. The fraction of sp³-hybridized carbons (Fsp3) is 0.0870. The van der Waals surface area contributed by atoms with Gasteiger partial charge in [0.25, 0.3) is 5.91 Å². The third-order valence-corrected chi connectivity index (χ3v) is 5.69. The Morgan fingerprint density at radius 3 is 2.56 bits per heavy atom.